The Kier molecular flexibility index (Phi) is 5.95. The number of hydrogen-bond donors (Lipinski definition) is 1. The van der Waals surface area contributed by atoms with Gasteiger partial charge in [0.25, 0.3) is 0 Å². The summed E-state index contributed by atoms with van der Waals surface area (Å²) in [5.74, 6) is 0.689. The molecule has 0 aromatic carbocycles. The van der Waals surface area contributed by atoms with Gasteiger partial charge in [-0.2, -0.15) is 0 Å². The lowest BCUT2D eigenvalue weighted by atomic mass is 9.92. The predicted molar refractivity (Wildman–Crippen MR) is 89.6 cm³/mol. The first-order chi connectivity index (χ1) is 10.5. The van der Waals surface area contributed by atoms with Gasteiger partial charge in [0.05, 0.1) is 6.04 Å². The fraction of sp³-hybridized carbons (Fsp3) is 0.667. The number of aromatic nitrogens is 1. The predicted octanol–water partition coefficient (Wildman–Crippen LogP) is 3.08. The Labute approximate surface area is 134 Å². The quantitative estimate of drug-likeness (QED) is 0.909. The number of pyridine rings is 1. The van der Waals surface area contributed by atoms with E-state index in [4.69, 9.17) is 0 Å². The number of carbonyl (C=O) groups excluding carboxylic acids is 1. The molecule has 4 heteroatoms. The van der Waals surface area contributed by atoms with Gasteiger partial charge in [0.2, 0.25) is 5.91 Å². The average Bonchev–Trinajstić information content (AvgIpc) is 2.48. The van der Waals surface area contributed by atoms with Crippen LogP contribution >= 0.6 is 0 Å². The monoisotopic (exact) mass is 303 g/mol. The van der Waals surface area contributed by atoms with E-state index in [1.165, 1.54) is 0 Å². The molecular formula is C18H29N3O. The molecule has 2 rings (SSSR count). The van der Waals surface area contributed by atoms with Crippen LogP contribution in [-0.2, 0) is 4.79 Å². The van der Waals surface area contributed by atoms with Gasteiger partial charge in [-0.15, -0.1) is 0 Å². The number of rotatable bonds is 5. The van der Waals surface area contributed by atoms with Crippen molar-refractivity contribution in [2.75, 3.05) is 13.1 Å². The summed E-state index contributed by atoms with van der Waals surface area (Å²) in [5.41, 5.74) is 2.06. The molecule has 4 nitrogen and oxygen atoms in total. The molecule has 1 aliphatic rings. The SMILES string of the molecule is Cc1ccc(C(C)NC(=O)CC2CCN(C(C)C)CC2)cn1. The van der Waals surface area contributed by atoms with Crippen LogP contribution in [0.2, 0.25) is 0 Å². The minimum absolute atomic E-state index is 0.0244. The molecular weight excluding hydrogens is 274 g/mol. The van der Waals surface area contributed by atoms with Crippen LogP contribution in [0.1, 0.15) is 57.3 Å². The molecule has 1 saturated heterocycles. The molecule has 2 heterocycles. The highest BCUT2D eigenvalue weighted by molar-refractivity contribution is 5.76. The van der Waals surface area contributed by atoms with Gasteiger partial charge >= 0.3 is 0 Å². The summed E-state index contributed by atoms with van der Waals surface area (Å²) in [5, 5.41) is 3.10. The van der Waals surface area contributed by atoms with E-state index in [1.54, 1.807) is 0 Å². The van der Waals surface area contributed by atoms with Crippen molar-refractivity contribution in [3.8, 4) is 0 Å². The van der Waals surface area contributed by atoms with Crippen molar-refractivity contribution >= 4 is 5.91 Å². The summed E-state index contributed by atoms with van der Waals surface area (Å²) in [6.45, 7) is 10.7. The van der Waals surface area contributed by atoms with Crippen molar-refractivity contribution in [1.82, 2.24) is 15.2 Å². The second kappa shape index (κ2) is 7.73. The second-order valence-corrected chi connectivity index (χ2v) is 6.80. The van der Waals surface area contributed by atoms with Crippen LogP contribution in [-0.4, -0.2) is 34.9 Å². The third-order valence-corrected chi connectivity index (χ3v) is 4.67. The number of piperidine rings is 1. The molecule has 0 aliphatic carbocycles. The number of likely N-dealkylation sites (tertiary alicyclic amines) is 1. The average molecular weight is 303 g/mol. The lowest BCUT2D eigenvalue weighted by Crippen LogP contribution is -2.39. The van der Waals surface area contributed by atoms with Gasteiger partial charge in [0.15, 0.2) is 0 Å². The van der Waals surface area contributed by atoms with Crippen LogP contribution in [0, 0.1) is 12.8 Å². The van der Waals surface area contributed by atoms with Crippen molar-refractivity contribution in [1.29, 1.82) is 0 Å². The summed E-state index contributed by atoms with van der Waals surface area (Å²) in [6, 6.07) is 4.66. The summed E-state index contributed by atoms with van der Waals surface area (Å²) in [6.07, 6.45) is 4.76. The molecule has 22 heavy (non-hydrogen) atoms. The highest BCUT2D eigenvalue weighted by Gasteiger charge is 2.23. The van der Waals surface area contributed by atoms with Gasteiger partial charge in [-0.25, -0.2) is 0 Å². The van der Waals surface area contributed by atoms with Crippen molar-refractivity contribution in [2.45, 2.75) is 59.0 Å². The van der Waals surface area contributed by atoms with Gasteiger partial charge in [-0.1, -0.05) is 6.07 Å². The summed E-state index contributed by atoms with van der Waals surface area (Å²) in [7, 11) is 0. The smallest absolute Gasteiger partial charge is 0.220 e. The van der Waals surface area contributed by atoms with E-state index < -0.39 is 0 Å². The Morgan fingerprint density at radius 3 is 2.55 bits per heavy atom. The number of nitrogens with zero attached hydrogens (tertiary/aromatic N) is 2. The Balaban J connectivity index is 1.77. The first-order valence-electron chi connectivity index (χ1n) is 8.41. The summed E-state index contributed by atoms with van der Waals surface area (Å²) < 4.78 is 0. The Bertz CT molecular complexity index is 476. The minimum atomic E-state index is 0.0244. The molecule has 1 N–H and O–H groups in total. The number of hydrogen-bond acceptors (Lipinski definition) is 3. The van der Waals surface area contributed by atoms with Gasteiger partial charge < -0.3 is 10.2 Å². The highest BCUT2D eigenvalue weighted by atomic mass is 16.1. The van der Waals surface area contributed by atoms with E-state index >= 15 is 0 Å². The van der Waals surface area contributed by atoms with Crippen LogP contribution in [0.4, 0.5) is 0 Å². The molecule has 1 aromatic heterocycles. The lowest BCUT2D eigenvalue weighted by molar-refractivity contribution is -0.123. The van der Waals surface area contributed by atoms with E-state index in [2.05, 4.69) is 29.0 Å². The highest BCUT2D eigenvalue weighted by Crippen LogP contribution is 2.22. The van der Waals surface area contributed by atoms with Crippen molar-refractivity contribution in [3.63, 3.8) is 0 Å². The molecule has 1 aliphatic heterocycles. The number of carbonyl (C=O) groups is 1. The van der Waals surface area contributed by atoms with E-state index in [9.17, 15) is 4.79 Å². The summed E-state index contributed by atoms with van der Waals surface area (Å²) in [4.78, 5) is 19.0. The molecule has 1 unspecified atom stereocenters. The van der Waals surface area contributed by atoms with E-state index in [0.29, 0.717) is 18.4 Å². The Morgan fingerprint density at radius 1 is 1.32 bits per heavy atom. The molecule has 0 spiro atoms. The standard InChI is InChI=1S/C18H29N3O/c1-13(2)21-9-7-16(8-10-21)11-18(22)20-15(4)17-6-5-14(3)19-12-17/h5-6,12-13,15-16H,7-11H2,1-4H3,(H,20,22). The Morgan fingerprint density at radius 2 is 2.00 bits per heavy atom. The lowest BCUT2D eigenvalue weighted by Gasteiger charge is -2.34. The van der Waals surface area contributed by atoms with E-state index in [0.717, 1.165) is 37.2 Å². The maximum absolute atomic E-state index is 12.2. The minimum Gasteiger partial charge on any atom is -0.350 e. The number of nitrogens with one attached hydrogen (secondary N) is 1. The summed E-state index contributed by atoms with van der Waals surface area (Å²) >= 11 is 0. The second-order valence-electron chi connectivity index (χ2n) is 6.80. The first-order valence-corrected chi connectivity index (χ1v) is 8.41. The van der Waals surface area contributed by atoms with Gasteiger partial charge in [0.1, 0.15) is 0 Å². The normalized spacial score (nSPS) is 18.4. The molecule has 1 fully saturated rings. The van der Waals surface area contributed by atoms with E-state index in [-0.39, 0.29) is 11.9 Å². The molecule has 1 aromatic rings. The van der Waals surface area contributed by atoms with Gasteiger partial charge in [0, 0.05) is 24.4 Å². The van der Waals surface area contributed by atoms with E-state index in [1.807, 2.05) is 32.2 Å². The maximum Gasteiger partial charge on any atom is 0.220 e. The third-order valence-electron chi connectivity index (χ3n) is 4.67. The molecule has 1 amide bonds. The maximum atomic E-state index is 12.2. The van der Waals surface area contributed by atoms with Crippen molar-refractivity contribution in [3.05, 3.63) is 29.6 Å². The topological polar surface area (TPSA) is 45.2 Å². The number of amides is 1. The van der Waals surface area contributed by atoms with Crippen LogP contribution in [0.25, 0.3) is 0 Å². The molecule has 0 saturated carbocycles. The largest absolute Gasteiger partial charge is 0.350 e. The molecule has 0 radical (unpaired) electrons. The third kappa shape index (κ3) is 4.80. The van der Waals surface area contributed by atoms with Crippen LogP contribution in [0.5, 0.6) is 0 Å². The van der Waals surface area contributed by atoms with Crippen molar-refractivity contribution in [2.24, 2.45) is 5.92 Å². The van der Waals surface area contributed by atoms with Crippen LogP contribution in [0.3, 0.4) is 0 Å². The molecule has 122 valence electrons. The van der Waals surface area contributed by atoms with Crippen molar-refractivity contribution < 1.29 is 4.79 Å². The molecule has 0 bridgehead atoms. The number of aryl methyl sites for hydroxylation is 1. The first kappa shape index (κ1) is 16.9. The van der Waals surface area contributed by atoms with Crippen LogP contribution < -0.4 is 5.32 Å². The zero-order valence-corrected chi connectivity index (χ0v) is 14.3. The van der Waals surface area contributed by atoms with Gasteiger partial charge in [-0.05, 0) is 71.2 Å². The van der Waals surface area contributed by atoms with Gasteiger partial charge in [-0.3, -0.25) is 9.78 Å². The van der Waals surface area contributed by atoms with Crippen LogP contribution in [0.15, 0.2) is 18.3 Å². The fourth-order valence-electron chi connectivity index (χ4n) is 3.05. The molecule has 1 atom stereocenters. The zero-order valence-electron chi connectivity index (χ0n) is 14.3. The Hall–Kier alpha value is -1.42. The zero-order chi connectivity index (χ0) is 16.1. The fourth-order valence-corrected chi connectivity index (χ4v) is 3.05.